The number of carbonyl (C=O) groups is 1. The van der Waals surface area contributed by atoms with Crippen LogP contribution in [0.3, 0.4) is 0 Å². The number of likely N-dealkylation sites (N-methyl/N-ethyl adjacent to an activating group) is 1. The molecule has 2 aromatic rings. The maximum Gasteiger partial charge on any atom is 0.317 e. The predicted octanol–water partition coefficient (Wildman–Crippen LogP) is 2.82. The number of carbonyl (C=O) groups excluding carboxylic acids is 1. The van der Waals surface area contributed by atoms with E-state index in [9.17, 15) is 4.79 Å². The van der Waals surface area contributed by atoms with Gasteiger partial charge in [0.2, 0.25) is 0 Å². The van der Waals surface area contributed by atoms with Crippen LogP contribution in [0.2, 0.25) is 0 Å². The number of benzene rings is 1. The summed E-state index contributed by atoms with van der Waals surface area (Å²) in [6.45, 7) is 9.03. The summed E-state index contributed by atoms with van der Waals surface area (Å²) in [7, 11) is 2.13. The van der Waals surface area contributed by atoms with Gasteiger partial charge in [0.15, 0.2) is 0 Å². The predicted molar refractivity (Wildman–Crippen MR) is 126 cm³/mol. The van der Waals surface area contributed by atoms with Crippen molar-refractivity contribution in [2.45, 2.75) is 38.8 Å². The molecular formula is C25H32N6O. The van der Waals surface area contributed by atoms with E-state index in [1.54, 1.807) is 0 Å². The Kier molecular flexibility index (Phi) is 5.59. The van der Waals surface area contributed by atoms with Crippen molar-refractivity contribution in [2.24, 2.45) is 4.99 Å². The van der Waals surface area contributed by atoms with Crippen molar-refractivity contribution in [1.82, 2.24) is 24.9 Å². The normalized spacial score (nSPS) is 23.5. The first-order valence-electron chi connectivity index (χ1n) is 11.6. The van der Waals surface area contributed by atoms with E-state index in [4.69, 9.17) is 4.99 Å². The molecule has 1 aromatic heterocycles. The summed E-state index contributed by atoms with van der Waals surface area (Å²) in [5.41, 5.74) is 7.27. The van der Waals surface area contributed by atoms with E-state index in [1.807, 2.05) is 15.8 Å². The van der Waals surface area contributed by atoms with Gasteiger partial charge in [-0.05, 0) is 49.6 Å². The third-order valence-corrected chi connectivity index (χ3v) is 7.09. The van der Waals surface area contributed by atoms with Gasteiger partial charge in [-0.25, -0.2) is 4.79 Å². The third kappa shape index (κ3) is 3.86. The molecule has 1 N–H and O–H groups in total. The standard InChI is InChI=1S/C25H32N6O/c1-4-31-13-19(12-27-31)24-21-15-30(10-9-18(21)11-26-24)25(32)28-23-16-29(3)14-22(23)20-8-6-5-7-17(20)2/h5-8,12-13,22-23H,4,9-11,14-16H2,1-3H3,(H,28,32). The van der Waals surface area contributed by atoms with Crippen molar-refractivity contribution in [3.63, 3.8) is 0 Å². The van der Waals surface area contributed by atoms with Gasteiger partial charge in [0, 0.05) is 50.4 Å². The summed E-state index contributed by atoms with van der Waals surface area (Å²) in [5, 5.41) is 7.78. The zero-order chi connectivity index (χ0) is 22.2. The molecule has 1 fully saturated rings. The summed E-state index contributed by atoms with van der Waals surface area (Å²) in [6, 6.07) is 8.69. The van der Waals surface area contributed by atoms with Gasteiger partial charge < -0.3 is 15.1 Å². The van der Waals surface area contributed by atoms with Crippen LogP contribution in [0.15, 0.2) is 52.8 Å². The van der Waals surface area contributed by atoms with Crippen LogP contribution in [-0.2, 0) is 6.54 Å². The van der Waals surface area contributed by atoms with Crippen molar-refractivity contribution in [2.75, 3.05) is 39.8 Å². The summed E-state index contributed by atoms with van der Waals surface area (Å²) < 4.78 is 1.92. The molecule has 5 rings (SSSR count). The van der Waals surface area contributed by atoms with Crippen molar-refractivity contribution in [3.8, 4) is 0 Å². The molecule has 0 radical (unpaired) electrons. The van der Waals surface area contributed by atoms with E-state index >= 15 is 0 Å². The van der Waals surface area contributed by atoms with Gasteiger partial charge in [-0.2, -0.15) is 5.10 Å². The van der Waals surface area contributed by atoms with Crippen LogP contribution in [0.5, 0.6) is 0 Å². The van der Waals surface area contributed by atoms with E-state index in [1.165, 1.54) is 22.3 Å². The molecule has 0 spiro atoms. The number of rotatable bonds is 4. The van der Waals surface area contributed by atoms with Crippen LogP contribution < -0.4 is 5.32 Å². The monoisotopic (exact) mass is 432 g/mol. The minimum atomic E-state index is 0.0333. The smallest absolute Gasteiger partial charge is 0.317 e. The number of hydrogen-bond acceptors (Lipinski definition) is 4. The van der Waals surface area contributed by atoms with Crippen LogP contribution >= 0.6 is 0 Å². The topological polar surface area (TPSA) is 65.8 Å². The second kappa shape index (κ2) is 8.54. The van der Waals surface area contributed by atoms with Gasteiger partial charge >= 0.3 is 6.03 Å². The van der Waals surface area contributed by atoms with Gasteiger partial charge in [0.1, 0.15) is 0 Å². The van der Waals surface area contributed by atoms with Crippen molar-refractivity contribution < 1.29 is 4.79 Å². The number of aromatic nitrogens is 2. The number of aryl methyl sites for hydroxylation is 2. The Balaban J connectivity index is 1.29. The molecule has 168 valence electrons. The first-order chi connectivity index (χ1) is 15.5. The van der Waals surface area contributed by atoms with E-state index in [0.717, 1.165) is 50.4 Å². The fourth-order valence-corrected chi connectivity index (χ4v) is 5.30. The van der Waals surface area contributed by atoms with E-state index in [-0.39, 0.29) is 12.1 Å². The molecule has 1 aromatic carbocycles. The molecule has 0 aliphatic carbocycles. The van der Waals surface area contributed by atoms with Crippen LogP contribution in [0, 0.1) is 6.92 Å². The molecule has 2 unspecified atom stereocenters. The lowest BCUT2D eigenvalue weighted by Gasteiger charge is -2.31. The molecular weight excluding hydrogens is 400 g/mol. The zero-order valence-corrected chi connectivity index (χ0v) is 19.2. The molecule has 7 nitrogen and oxygen atoms in total. The lowest BCUT2D eigenvalue weighted by Crippen LogP contribution is -2.49. The van der Waals surface area contributed by atoms with Crippen LogP contribution in [0.4, 0.5) is 4.79 Å². The molecule has 4 heterocycles. The first-order valence-corrected chi connectivity index (χ1v) is 11.6. The van der Waals surface area contributed by atoms with Crippen molar-refractivity contribution in [1.29, 1.82) is 0 Å². The molecule has 0 saturated carbocycles. The Morgan fingerprint density at radius 1 is 1.25 bits per heavy atom. The maximum absolute atomic E-state index is 13.3. The lowest BCUT2D eigenvalue weighted by atomic mass is 9.91. The summed E-state index contributed by atoms with van der Waals surface area (Å²) >= 11 is 0. The van der Waals surface area contributed by atoms with Gasteiger partial charge in [0.25, 0.3) is 0 Å². The number of urea groups is 1. The molecule has 3 aliphatic rings. The fraction of sp³-hybridized carbons (Fsp3) is 0.480. The third-order valence-electron chi connectivity index (χ3n) is 7.09. The number of aliphatic imine (C=N–C) groups is 1. The Morgan fingerprint density at radius 2 is 2.09 bits per heavy atom. The SMILES string of the molecule is CCn1cc(C2=NCC3=C2CN(C(=O)NC2CN(C)CC2c2ccccc2C)CC3)cn1. The van der Waals surface area contributed by atoms with Crippen molar-refractivity contribution in [3.05, 3.63) is 64.5 Å². The highest BCUT2D eigenvalue weighted by atomic mass is 16.2. The zero-order valence-electron chi connectivity index (χ0n) is 19.2. The van der Waals surface area contributed by atoms with Crippen LogP contribution in [0.1, 0.15) is 36.0 Å². The first kappa shape index (κ1) is 20.9. The highest BCUT2D eigenvalue weighted by molar-refractivity contribution is 6.15. The highest BCUT2D eigenvalue weighted by Crippen LogP contribution is 2.30. The second-order valence-electron chi connectivity index (χ2n) is 9.24. The van der Waals surface area contributed by atoms with Crippen LogP contribution in [0.25, 0.3) is 0 Å². The maximum atomic E-state index is 13.3. The van der Waals surface area contributed by atoms with E-state index in [2.05, 4.69) is 66.7 Å². The summed E-state index contributed by atoms with van der Waals surface area (Å²) in [6.07, 6.45) is 4.83. The number of nitrogens with one attached hydrogen (secondary N) is 1. The van der Waals surface area contributed by atoms with Gasteiger partial charge in [-0.3, -0.25) is 9.67 Å². The molecule has 0 bridgehead atoms. The van der Waals surface area contributed by atoms with Gasteiger partial charge in [-0.1, -0.05) is 24.3 Å². The minimum Gasteiger partial charge on any atom is -0.333 e. The fourth-order valence-electron chi connectivity index (χ4n) is 5.30. The molecule has 2 atom stereocenters. The molecule has 32 heavy (non-hydrogen) atoms. The average molecular weight is 433 g/mol. The second-order valence-corrected chi connectivity index (χ2v) is 9.24. The minimum absolute atomic E-state index is 0.0333. The number of amides is 2. The Hall–Kier alpha value is -2.93. The van der Waals surface area contributed by atoms with Gasteiger partial charge in [0.05, 0.1) is 24.5 Å². The molecule has 3 aliphatic heterocycles. The van der Waals surface area contributed by atoms with Crippen LogP contribution in [-0.4, -0.2) is 77.1 Å². The van der Waals surface area contributed by atoms with E-state index < -0.39 is 0 Å². The van der Waals surface area contributed by atoms with Crippen molar-refractivity contribution >= 4 is 11.7 Å². The quantitative estimate of drug-likeness (QED) is 0.808. The largest absolute Gasteiger partial charge is 0.333 e. The van der Waals surface area contributed by atoms with E-state index in [0.29, 0.717) is 12.5 Å². The number of nitrogens with zero attached hydrogens (tertiary/aromatic N) is 5. The summed E-state index contributed by atoms with van der Waals surface area (Å²) in [4.78, 5) is 22.4. The molecule has 1 saturated heterocycles. The highest BCUT2D eigenvalue weighted by Gasteiger charge is 2.36. The average Bonchev–Trinajstić information content (AvgIpc) is 3.51. The van der Waals surface area contributed by atoms with Gasteiger partial charge in [-0.15, -0.1) is 0 Å². The molecule has 2 amide bonds. The number of hydrogen-bond donors (Lipinski definition) is 1. The Labute approximate surface area is 189 Å². The Morgan fingerprint density at radius 3 is 2.88 bits per heavy atom. The lowest BCUT2D eigenvalue weighted by molar-refractivity contribution is 0.196. The Bertz CT molecular complexity index is 1080. The summed E-state index contributed by atoms with van der Waals surface area (Å²) in [5.74, 6) is 0.313. The molecule has 7 heteroatoms. The number of likely N-dealkylation sites (tertiary alicyclic amines) is 1.